The lowest BCUT2D eigenvalue weighted by Gasteiger charge is -2.17. The Balaban J connectivity index is 2.61. The maximum atomic E-state index is 11.4. The number of esters is 1. The molecule has 0 saturated carbocycles. The fourth-order valence-electron chi connectivity index (χ4n) is 1.66. The van der Waals surface area contributed by atoms with Crippen LogP contribution in [-0.2, 0) is 9.53 Å². The van der Waals surface area contributed by atoms with Crippen molar-refractivity contribution in [2.75, 3.05) is 6.61 Å². The predicted molar refractivity (Wildman–Crippen MR) is 47.7 cm³/mol. The Bertz CT molecular complexity index is 163. The van der Waals surface area contributed by atoms with E-state index in [9.17, 15) is 4.79 Å². The largest absolute Gasteiger partial charge is 0.465 e. The first kappa shape index (κ1) is 9.56. The molecule has 0 aromatic heterocycles. The highest BCUT2D eigenvalue weighted by Gasteiger charge is 2.28. The molecule has 0 bridgehead atoms. The highest BCUT2D eigenvalue weighted by molar-refractivity contribution is 5.72. The minimum Gasteiger partial charge on any atom is -0.465 e. The van der Waals surface area contributed by atoms with Crippen LogP contribution in [0.25, 0.3) is 0 Å². The van der Waals surface area contributed by atoms with E-state index < -0.39 is 0 Å². The van der Waals surface area contributed by atoms with Gasteiger partial charge in [0.25, 0.3) is 0 Å². The number of carbonyl (C=O) groups is 1. The lowest BCUT2D eigenvalue weighted by atomic mass is 9.87. The molecule has 1 rings (SSSR count). The van der Waals surface area contributed by atoms with Crippen molar-refractivity contribution in [1.29, 1.82) is 0 Å². The molecule has 0 aliphatic carbocycles. The summed E-state index contributed by atoms with van der Waals surface area (Å²) in [6.45, 7) is 6.98. The van der Waals surface area contributed by atoms with E-state index in [0.29, 0.717) is 18.4 Å². The quantitative estimate of drug-likeness (QED) is 0.564. The zero-order valence-electron chi connectivity index (χ0n) is 8.17. The Hall–Kier alpha value is -0.530. The third-order valence-electron chi connectivity index (χ3n) is 2.62. The first-order chi connectivity index (χ1) is 5.61. The van der Waals surface area contributed by atoms with Gasteiger partial charge < -0.3 is 4.74 Å². The Kier molecular flexibility index (Phi) is 3.12. The van der Waals surface area contributed by atoms with E-state index in [1.165, 1.54) is 0 Å². The minimum absolute atomic E-state index is 0.00866. The summed E-state index contributed by atoms with van der Waals surface area (Å²) in [5.41, 5.74) is 0. The van der Waals surface area contributed by atoms with E-state index in [1.807, 2.05) is 0 Å². The normalized spacial score (nSPS) is 31.5. The van der Waals surface area contributed by atoms with E-state index in [-0.39, 0.29) is 11.9 Å². The van der Waals surface area contributed by atoms with Gasteiger partial charge in [-0.1, -0.05) is 20.8 Å². The second-order valence-corrected chi connectivity index (χ2v) is 4.15. The van der Waals surface area contributed by atoms with Crippen LogP contribution in [0.1, 0.15) is 33.6 Å². The smallest absolute Gasteiger partial charge is 0.309 e. The van der Waals surface area contributed by atoms with Gasteiger partial charge in [0.05, 0.1) is 12.5 Å². The van der Waals surface area contributed by atoms with Crippen molar-refractivity contribution in [3.05, 3.63) is 0 Å². The van der Waals surface area contributed by atoms with Gasteiger partial charge in [-0.25, -0.2) is 0 Å². The Morgan fingerprint density at radius 3 is 2.75 bits per heavy atom. The second kappa shape index (κ2) is 3.92. The molecule has 1 saturated heterocycles. The summed E-state index contributed by atoms with van der Waals surface area (Å²) in [4.78, 5) is 11.4. The molecule has 2 heteroatoms. The lowest BCUT2D eigenvalue weighted by molar-refractivity contribution is -0.148. The summed E-state index contributed by atoms with van der Waals surface area (Å²) in [7, 11) is 0. The fraction of sp³-hybridized carbons (Fsp3) is 0.900. The molecule has 2 atom stereocenters. The molecule has 2 unspecified atom stereocenters. The lowest BCUT2D eigenvalue weighted by Crippen LogP contribution is -2.21. The standard InChI is InChI=1S/C10H18O2/c1-7(2)9-6-8(3)4-5-12-10(9)11/h7-9H,4-6H2,1-3H3. The molecule has 0 aromatic rings. The van der Waals surface area contributed by atoms with Gasteiger partial charge in [0.1, 0.15) is 0 Å². The summed E-state index contributed by atoms with van der Waals surface area (Å²) in [5, 5.41) is 0. The topological polar surface area (TPSA) is 26.3 Å². The van der Waals surface area contributed by atoms with Gasteiger partial charge in [-0.3, -0.25) is 4.79 Å². The van der Waals surface area contributed by atoms with Crippen molar-refractivity contribution in [2.45, 2.75) is 33.6 Å². The molecule has 1 aliphatic rings. The van der Waals surface area contributed by atoms with E-state index in [4.69, 9.17) is 4.74 Å². The van der Waals surface area contributed by atoms with Crippen LogP contribution in [0.15, 0.2) is 0 Å². The van der Waals surface area contributed by atoms with Crippen LogP contribution in [0.5, 0.6) is 0 Å². The molecule has 0 amide bonds. The van der Waals surface area contributed by atoms with E-state index in [2.05, 4.69) is 20.8 Å². The number of hydrogen-bond acceptors (Lipinski definition) is 2. The molecular formula is C10H18O2. The molecule has 1 heterocycles. The van der Waals surface area contributed by atoms with Crippen molar-refractivity contribution in [1.82, 2.24) is 0 Å². The van der Waals surface area contributed by atoms with E-state index in [0.717, 1.165) is 12.8 Å². The highest BCUT2D eigenvalue weighted by Crippen LogP contribution is 2.26. The van der Waals surface area contributed by atoms with Crippen LogP contribution < -0.4 is 0 Å². The summed E-state index contributed by atoms with van der Waals surface area (Å²) in [6.07, 6.45) is 2.02. The number of hydrogen-bond donors (Lipinski definition) is 0. The summed E-state index contributed by atoms with van der Waals surface area (Å²) >= 11 is 0. The zero-order valence-corrected chi connectivity index (χ0v) is 8.17. The molecule has 0 N–H and O–H groups in total. The number of ether oxygens (including phenoxy) is 1. The Morgan fingerprint density at radius 1 is 1.50 bits per heavy atom. The molecule has 0 aromatic carbocycles. The summed E-state index contributed by atoms with van der Waals surface area (Å²) < 4.78 is 5.11. The van der Waals surface area contributed by atoms with Crippen LogP contribution in [0.2, 0.25) is 0 Å². The van der Waals surface area contributed by atoms with Crippen molar-refractivity contribution < 1.29 is 9.53 Å². The van der Waals surface area contributed by atoms with Gasteiger partial charge in [-0.05, 0) is 24.7 Å². The third-order valence-corrected chi connectivity index (χ3v) is 2.62. The number of cyclic esters (lactones) is 1. The van der Waals surface area contributed by atoms with Crippen molar-refractivity contribution >= 4 is 5.97 Å². The molecule has 70 valence electrons. The molecule has 0 spiro atoms. The number of carbonyl (C=O) groups excluding carboxylic acids is 1. The third kappa shape index (κ3) is 2.23. The SMILES string of the molecule is CC1CCOC(=O)C(C(C)C)C1. The van der Waals surface area contributed by atoms with Gasteiger partial charge in [-0.15, -0.1) is 0 Å². The number of rotatable bonds is 1. The van der Waals surface area contributed by atoms with Crippen LogP contribution in [0, 0.1) is 17.8 Å². The van der Waals surface area contributed by atoms with Gasteiger partial charge in [0, 0.05) is 0 Å². The molecule has 12 heavy (non-hydrogen) atoms. The first-order valence-corrected chi connectivity index (χ1v) is 4.78. The van der Waals surface area contributed by atoms with E-state index >= 15 is 0 Å². The molecule has 1 aliphatic heterocycles. The van der Waals surface area contributed by atoms with Crippen molar-refractivity contribution in [2.24, 2.45) is 17.8 Å². The second-order valence-electron chi connectivity index (χ2n) is 4.15. The maximum Gasteiger partial charge on any atom is 0.309 e. The monoisotopic (exact) mass is 170 g/mol. The first-order valence-electron chi connectivity index (χ1n) is 4.78. The average Bonchev–Trinajstić information content (AvgIpc) is 2.13. The van der Waals surface area contributed by atoms with E-state index in [1.54, 1.807) is 0 Å². The average molecular weight is 170 g/mol. The predicted octanol–water partition coefficient (Wildman–Crippen LogP) is 2.23. The fourth-order valence-corrected chi connectivity index (χ4v) is 1.66. The van der Waals surface area contributed by atoms with Gasteiger partial charge >= 0.3 is 5.97 Å². The van der Waals surface area contributed by atoms with Gasteiger partial charge in [-0.2, -0.15) is 0 Å². The molecule has 1 fully saturated rings. The van der Waals surface area contributed by atoms with Crippen LogP contribution >= 0.6 is 0 Å². The molecular weight excluding hydrogens is 152 g/mol. The Morgan fingerprint density at radius 2 is 2.17 bits per heavy atom. The van der Waals surface area contributed by atoms with Crippen LogP contribution in [0.3, 0.4) is 0 Å². The van der Waals surface area contributed by atoms with Gasteiger partial charge in [0.2, 0.25) is 0 Å². The molecule has 2 nitrogen and oxygen atoms in total. The maximum absolute atomic E-state index is 11.4. The summed E-state index contributed by atoms with van der Waals surface area (Å²) in [5.74, 6) is 1.18. The van der Waals surface area contributed by atoms with Crippen LogP contribution in [-0.4, -0.2) is 12.6 Å². The summed E-state index contributed by atoms with van der Waals surface area (Å²) in [6, 6.07) is 0. The van der Waals surface area contributed by atoms with Crippen molar-refractivity contribution in [3.63, 3.8) is 0 Å². The van der Waals surface area contributed by atoms with Crippen LogP contribution in [0.4, 0.5) is 0 Å². The highest BCUT2D eigenvalue weighted by atomic mass is 16.5. The van der Waals surface area contributed by atoms with Gasteiger partial charge in [0.15, 0.2) is 0 Å². The van der Waals surface area contributed by atoms with Crippen molar-refractivity contribution in [3.8, 4) is 0 Å². The minimum atomic E-state index is 0.00866. The molecule has 0 radical (unpaired) electrons. The Labute approximate surface area is 74.3 Å². The zero-order chi connectivity index (χ0) is 9.14.